The van der Waals surface area contributed by atoms with Crippen molar-refractivity contribution in [3.05, 3.63) is 0 Å². The summed E-state index contributed by atoms with van der Waals surface area (Å²) in [6.07, 6.45) is 7.07. The Bertz CT molecular complexity index is 303. The molecule has 2 heterocycles. The Kier molecular flexibility index (Phi) is 5.26. The maximum absolute atomic E-state index is 12.6. The first-order valence-corrected chi connectivity index (χ1v) is 8.12. The van der Waals surface area contributed by atoms with Gasteiger partial charge < -0.3 is 10.2 Å². The molecule has 0 aromatic heterocycles. The number of amides is 1. The number of nitrogens with one attached hydrogen (secondary N) is 1. The van der Waals surface area contributed by atoms with Crippen LogP contribution in [0.3, 0.4) is 0 Å². The Balaban J connectivity index is 1.88. The van der Waals surface area contributed by atoms with Crippen molar-refractivity contribution < 1.29 is 4.79 Å². The highest BCUT2D eigenvalue weighted by molar-refractivity contribution is 5.82. The van der Waals surface area contributed by atoms with Crippen LogP contribution in [0, 0.1) is 11.8 Å². The van der Waals surface area contributed by atoms with Gasteiger partial charge in [-0.2, -0.15) is 0 Å². The number of carbonyl (C=O) groups excluding carboxylic acids is 1. The van der Waals surface area contributed by atoms with Gasteiger partial charge in [0.25, 0.3) is 0 Å². The molecule has 0 saturated carbocycles. The molecular weight excluding hydrogens is 236 g/mol. The van der Waals surface area contributed by atoms with Crippen molar-refractivity contribution in [2.45, 2.75) is 71.4 Å². The SMILES string of the molecule is CC1CCCC(C(=O)N2CCCC(C(C)C)CC2)N1. The molecule has 0 aromatic carbocycles. The second-order valence-corrected chi connectivity index (χ2v) is 6.81. The van der Waals surface area contributed by atoms with E-state index in [-0.39, 0.29) is 6.04 Å². The third-order valence-corrected chi connectivity index (χ3v) is 4.94. The molecule has 0 bridgehead atoms. The van der Waals surface area contributed by atoms with Gasteiger partial charge in [0.2, 0.25) is 5.91 Å². The van der Waals surface area contributed by atoms with Crippen LogP contribution in [0.4, 0.5) is 0 Å². The van der Waals surface area contributed by atoms with Crippen molar-refractivity contribution >= 4 is 5.91 Å². The smallest absolute Gasteiger partial charge is 0.239 e. The summed E-state index contributed by atoms with van der Waals surface area (Å²) < 4.78 is 0. The molecule has 19 heavy (non-hydrogen) atoms. The normalized spacial score (nSPS) is 33.3. The lowest BCUT2D eigenvalue weighted by Crippen LogP contribution is -2.51. The van der Waals surface area contributed by atoms with Gasteiger partial charge >= 0.3 is 0 Å². The first-order valence-electron chi connectivity index (χ1n) is 8.12. The summed E-state index contributed by atoms with van der Waals surface area (Å²) in [6, 6.07) is 0.581. The van der Waals surface area contributed by atoms with E-state index in [4.69, 9.17) is 0 Å². The third-order valence-electron chi connectivity index (χ3n) is 4.94. The Labute approximate surface area is 118 Å². The molecule has 110 valence electrons. The summed E-state index contributed by atoms with van der Waals surface area (Å²) in [5.74, 6) is 1.91. The van der Waals surface area contributed by atoms with E-state index in [9.17, 15) is 4.79 Å². The number of rotatable bonds is 2. The Morgan fingerprint density at radius 1 is 1.11 bits per heavy atom. The van der Waals surface area contributed by atoms with E-state index in [1.165, 1.54) is 32.1 Å². The molecule has 2 saturated heterocycles. The number of nitrogens with zero attached hydrogens (tertiary/aromatic N) is 1. The van der Waals surface area contributed by atoms with Gasteiger partial charge in [-0.05, 0) is 57.3 Å². The van der Waals surface area contributed by atoms with Crippen LogP contribution in [0.15, 0.2) is 0 Å². The second kappa shape index (κ2) is 6.74. The van der Waals surface area contributed by atoms with Gasteiger partial charge in [0.05, 0.1) is 6.04 Å². The molecule has 0 radical (unpaired) electrons. The first-order chi connectivity index (χ1) is 9.08. The lowest BCUT2D eigenvalue weighted by atomic mass is 9.89. The number of carbonyl (C=O) groups is 1. The van der Waals surface area contributed by atoms with Gasteiger partial charge in [-0.15, -0.1) is 0 Å². The van der Waals surface area contributed by atoms with Gasteiger partial charge in [0, 0.05) is 19.1 Å². The van der Waals surface area contributed by atoms with Crippen LogP contribution in [0.25, 0.3) is 0 Å². The molecule has 3 nitrogen and oxygen atoms in total. The van der Waals surface area contributed by atoms with E-state index in [2.05, 4.69) is 31.0 Å². The fraction of sp³-hybridized carbons (Fsp3) is 0.938. The minimum atomic E-state index is 0.0827. The number of hydrogen-bond acceptors (Lipinski definition) is 2. The molecule has 3 heteroatoms. The molecule has 2 aliphatic heterocycles. The van der Waals surface area contributed by atoms with Gasteiger partial charge in [-0.3, -0.25) is 4.79 Å². The van der Waals surface area contributed by atoms with E-state index in [0.717, 1.165) is 31.3 Å². The van der Waals surface area contributed by atoms with Gasteiger partial charge in [0.15, 0.2) is 0 Å². The summed E-state index contributed by atoms with van der Waals surface area (Å²) in [5, 5.41) is 3.48. The van der Waals surface area contributed by atoms with Gasteiger partial charge in [-0.25, -0.2) is 0 Å². The average molecular weight is 266 g/mol. The number of hydrogen-bond donors (Lipinski definition) is 1. The zero-order valence-electron chi connectivity index (χ0n) is 12.8. The topological polar surface area (TPSA) is 32.3 Å². The quantitative estimate of drug-likeness (QED) is 0.833. The second-order valence-electron chi connectivity index (χ2n) is 6.81. The minimum absolute atomic E-state index is 0.0827. The van der Waals surface area contributed by atoms with Crippen LogP contribution >= 0.6 is 0 Å². The molecule has 1 amide bonds. The van der Waals surface area contributed by atoms with Gasteiger partial charge in [-0.1, -0.05) is 13.8 Å². The molecule has 2 rings (SSSR count). The van der Waals surface area contributed by atoms with Crippen LogP contribution < -0.4 is 5.32 Å². The summed E-state index contributed by atoms with van der Waals surface area (Å²) in [7, 11) is 0. The van der Waals surface area contributed by atoms with E-state index in [0.29, 0.717) is 11.9 Å². The molecule has 3 unspecified atom stereocenters. The largest absolute Gasteiger partial charge is 0.341 e. The van der Waals surface area contributed by atoms with Crippen LogP contribution in [0.5, 0.6) is 0 Å². The average Bonchev–Trinajstić information content (AvgIpc) is 2.63. The van der Waals surface area contributed by atoms with Crippen LogP contribution in [-0.2, 0) is 4.79 Å². The molecule has 0 aromatic rings. The highest BCUT2D eigenvalue weighted by Gasteiger charge is 2.29. The maximum Gasteiger partial charge on any atom is 0.239 e. The standard InChI is InChI=1S/C16H30N2O/c1-12(2)14-7-5-10-18(11-9-14)16(19)15-8-4-6-13(3)17-15/h12-15,17H,4-11H2,1-3H3. The van der Waals surface area contributed by atoms with Crippen molar-refractivity contribution in [2.75, 3.05) is 13.1 Å². The highest BCUT2D eigenvalue weighted by Crippen LogP contribution is 2.25. The monoisotopic (exact) mass is 266 g/mol. The molecule has 0 spiro atoms. The fourth-order valence-electron chi connectivity index (χ4n) is 3.56. The maximum atomic E-state index is 12.6. The molecular formula is C16H30N2O. The van der Waals surface area contributed by atoms with Crippen molar-refractivity contribution in [3.63, 3.8) is 0 Å². The molecule has 2 aliphatic rings. The van der Waals surface area contributed by atoms with Crippen LogP contribution in [0.1, 0.15) is 59.3 Å². The van der Waals surface area contributed by atoms with E-state index in [1.807, 2.05) is 0 Å². The third kappa shape index (κ3) is 3.95. The number of likely N-dealkylation sites (tertiary alicyclic amines) is 1. The Morgan fingerprint density at radius 3 is 2.58 bits per heavy atom. The first kappa shape index (κ1) is 14.8. The molecule has 2 fully saturated rings. The Morgan fingerprint density at radius 2 is 1.89 bits per heavy atom. The summed E-state index contributed by atoms with van der Waals surface area (Å²) >= 11 is 0. The van der Waals surface area contributed by atoms with Crippen molar-refractivity contribution in [1.82, 2.24) is 10.2 Å². The highest BCUT2D eigenvalue weighted by atomic mass is 16.2. The summed E-state index contributed by atoms with van der Waals surface area (Å²) in [4.78, 5) is 14.7. The fourth-order valence-corrected chi connectivity index (χ4v) is 3.56. The number of piperidine rings is 1. The molecule has 3 atom stereocenters. The minimum Gasteiger partial charge on any atom is -0.341 e. The van der Waals surface area contributed by atoms with Crippen LogP contribution in [0.2, 0.25) is 0 Å². The van der Waals surface area contributed by atoms with Crippen molar-refractivity contribution in [3.8, 4) is 0 Å². The van der Waals surface area contributed by atoms with E-state index in [1.54, 1.807) is 0 Å². The van der Waals surface area contributed by atoms with Gasteiger partial charge in [0.1, 0.15) is 0 Å². The van der Waals surface area contributed by atoms with Crippen LogP contribution in [-0.4, -0.2) is 36.0 Å². The van der Waals surface area contributed by atoms with E-state index < -0.39 is 0 Å². The zero-order chi connectivity index (χ0) is 13.8. The zero-order valence-corrected chi connectivity index (χ0v) is 12.8. The molecule has 0 aliphatic carbocycles. The summed E-state index contributed by atoms with van der Waals surface area (Å²) in [5.41, 5.74) is 0. The van der Waals surface area contributed by atoms with E-state index >= 15 is 0 Å². The Hall–Kier alpha value is -0.570. The lowest BCUT2D eigenvalue weighted by molar-refractivity contribution is -0.134. The summed E-state index contributed by atoms with van der Waals surface area (Å²) in [6.45, 7) is 8.75. The van der Waals surface area contributed by atoms with Crippen molar-refractivity contribution in [1.29, 1.82) is 0 Å². The predicted octanol–water partition coefficient (Wildman–Crippen LogP) is 2.80. The predicted molar refractivity (Wildman–Crippen MR) is 79.0 cm³/mol. The lowest BCUT2D eigenvalue weighted by Gasteiger charge is -2.32. The van der Waals surface area contributed by atoms with Crippen molar-refractivity contribution in [2.24, 2.45) is 11.8 Å². The molecule has 1 N–H and O–H groups in total.